The Labute approximate surface area is 131 Å². The number of nitrogens with zero attached hydrogens (tertiary/aromatic N) is 2. The normalized spacial score (nSPS) is 18.2. The van der Waals surface area contributed by atoms with Crippen molar-refractivity contribution in [2.45, 2.75) is 17.9 Å². The Hall–Kier alpha value is -2.58. The van der Waals surface area contributed by atoms with E-state index < -0.39 is 22.1 Å². The van der Waals surface area contributed by atoms with Gasteiger partial charge in [0.05, 0.1) is 5.56 Å². The van der Waals surface area contributed by atoms with Gasteiger partial charge in [0, 0.05) is 11.1 Å². The first-order chi connectivity index (χ1) is 10.9. The number of fused-ring (bicyclic) bond motifs is 2. The Morgan fingerprint density at radius 2 is 2.04 bits per heavy atom. The Balaban J connectivity index is 2.07. The zero-order valence-corrected chi connectivity index (χ0v) is 12.7. The van der Waals surface area contributed by atoms with Gasteiger partial charge in [-0.05, 0) is 36.8 Å². The number of aryl methyl sites for hydroxylation is 1. The van der Waals surface area contributed by atoms with Crippen LogP contribution in [0.5, 0.6) is 11.5 Å². The molecule has 116 valence electrons. The fourth-order valence-corrected chi connectivity index (χ4v) is 3.65. The fraction of sp³-hybridized carbons (Fsp3) is 0.133. The van der Waals surface area contributed by atoms with Crippen molar-refractivity contribution in [3.63, 3.8) is 0 Å². The summed E-state index contributed by atoms with van der Waals surface area (Å²) in [6.07, 6.45) is 0. The molecule has 0 saturated heterocycles. The molecule has 7 nitrogen and oxygen atoms in total. The molecule has 0 aromatic heterocycles. The van der Waals surface area contributed by atoms with Crippen molar-refractivity contribution in [2.75, 3.05) is 0 Å². The lowest BCUT2D eigenvalue weighted by atomic mass is 9.89. The summed E-state index contributed by atoms with van der Waals surface area (Å²) in [5.41, 5.74) is 2.01. The van der Waals surface area contributed by atoms with E-state index in [9.17, 15) is 17.8 Å². The lowest BCUT2D eigenvalue weighted by Gasteiger charge is -2.29. The van der Waals surface area contributed by atoms with Crippen LogP contribution >= 0.6 is 0 Å². The van der Waals surface area contributed by atoms with Crippen LogP contribution in [0.4, 0.5) is 0 Å². The van der Waals surface area contributed by atoms with Crippen LogP contribution in [0, 0.1) is 6.92 Å². The molecule has 1 unspecified atom stereocenters. The van der Waals surface area contributed by atoms with Gasteiger partial charge in [-0.2, -0.15) is 13.5 Å². The van der Waals surface area contributed by atoms with Crippen LogP contribution in [0.25, 0.3) is 0 Å². The van der Waals surface area contributed by atoms with Crippen LogP contribution in [-0.4, -0.2) is 18.9 Å². The highest BCUT2D eigenvalue weighted by Crippen LogP contribution is 2.50. The molecule has 2 heterocycles. The van der Waals surface area contributed by atoms with E-state index in [-0.39, 0.29) is 10.6 Å². The number of carbonyl (C=O) groups excluding carboxylic acids is 1. The summed E-state index contributed by atoms with van der Waals surface area (Å²) in [4.78, 5) is 11.6. The molecular weight excluding hydrogens is 320 g/mol. The first-order valence-corrected chi connectivity index (χ1v) is 8.18. The van der Waals surface area contributed by atoms with Gasteiger partial charge in [-0.25, -0.2) is 0 Å². The minimum absolute atomic E-state index is 0.0149. The quantitative estimate of drug-likeness (QED) is 0.809. The predicted molar refractivity (Wildman–Crippen MR) is 78.5 cm³/mol. The summed E-state index contributed by atoms with van der Waals surface area (Å²) in [6, 6.07) is 7.27. The minimum atomic E-state index is -4.47. The Kier molecular flexibility index (Phi) is 2.72. The van der Waals surface area contributed by atoms with Crippen molar-refractivity contribution >= 4 is 16.0 Å². The summed E-state index contributed by atoms with van der Waals surface area (Å²) in [7, 11) is -4.47. The molecule has 4 rings (SSSR count). The van der Waals surface area contributed by atoms with Crippen molar-refractivity contribution in [3.05, 3.63) is 52.6 Å². The highest BCUT2D eigenvalue weighted by molar-refractivity contribution is 7.86. The third-order valence-electron chi connectivity index (χ3n) is 3.85. The van der Waals surface area contributed by atoms with Gasteiger partial charge in [0.1, 0.15) is 16.7 Å². The number of carbonyl (C=O) groups is 1. The van der Waals surface area contributed by atoms with Gasteiger partial charge in [-0.1, -0.05) is 6.07 Å². The summed E-state index contributed by atoms with van der Waals surface area (Å²) in [5, 5.41) is 7.64. The number of amides is 1. The largest absolute Gasteiger partial charge is 0.455 e. The molecule has 23 heavy (non-hydrogen) atoms. The number of hydrogen-bond donors (Lipinski definition) is 1. The lowest BCUT2D eigenvalue weighted by Crippen LogP contribution is -2.18. The third-order valence-corrected chi connectivity index (χ3v) is 4.71. The number of benzene rings is 2. The highest BCUT2D eigenvalue weighted by atomic mass is 32.2. The summed E-state index contributed by atoms with van der Waals surface area (Å²) < 4.78 is 38.5. The molecule has 0 fully saturated rings. The van der Waals surface area contributed by atoms with Gasteiger partial charge in [0.15, 0.2) is 5.75 Å². The summed E-state index contributed by atoms with van der Waals surface area (Å²) >= 11 is 0. The van der Waals surface area contributed by atoms with Crippen LogP contribution in [0.2, 0.25) is 0 Å². The standard InChI is InChI=1S/C15H10N2O5S/c1-7-5-9-13-12-8(15(18)17-16-13)3-2-4-10(12)22-14(9)11(6-7)23(19,20)21/h2-6,13H,1H3,(H,19,20,21). The van der Waals surface area contributed by atoms with E-state index in [4.69, 9.17) is 4.74 Å². The topological polar surface area (TPSA) is 105 Å². The SMILES string of the molecule is Cc1cc2c(c(S(=O)(=O)O)c1)Oc1cccc3c1C2N=NC3=O. The fourth-order valence-electron chi connectivity index (χ4n) is 2.92. The van der Waals surface area contributed by atoms with Crippen LogP contribution in [0.3, 0.4) is 0 Å². The Bertz CT molecular complexity index is 1010. The van der Waals surface area contributed by atoms with Gasteiger partial charge in [-0.3, -0.25) is 9.35 Å². The van der Waals surface area contributed by atoms with E-state index in [1.165, 1.54) is 6.07 Å². The van der Waals surface area contributed by atoms with Gasteiger partial charge in [0.2, 0.25) is 0 Å². The number of ether oxygens (including phenoxy) is 1. The minimum Gasteiger partial charge on any atom is -0.455 e. The van der Waals surface area contributed by atoms with Crippen LogP contribution in [0.15, 0.2) is 45.5 Å². The maximum atomic E-state index is 11.9. The zero-order chi connectivity index (χ0) is 16.4. The number of azo groups is 1. The molecule has 2 aromatic rings. The molecule has 0 saturated carbocycles. The van der Waals surface area contributed by atoms with Crippen molar-refractivity contribution in [1.29, 1.82) is 0 Å². The van der Waals surface area contributed by atoms with Crippen LogP contribution < -0.4 is 4.74 Å². The van der Waals surface area contributed by atoms with E-state index in [1.54, 1.807) is 31.2 Å². The second-order valence-electron chi connectivity index (χ2n) is 5.40. The van der Waals surface area contributed by atoms with Gasteiger partial charge >= 0.3 is 0 Å². The smallest absolute Gasteiger partial charge is 0.298 e. The zero-order valence-electron chi connectivity index (χ0n) is 11.8. The first-order valence-electron chi connectivity index (χ1n) is 6.74. The predicted octanol–water partition coefficient (Wildman–Crippen LogP) is 3.04. The molecule has 1 N–H and O–H groups in total. The summed E-state index contributed by atoms with van der Waals surface area (Å²) in [5.74, 6) is -0.116. The monoisotopic (exact) mass is 330 g/mol. The molecule has 2 aromatic carbocycles. The summed E-state index contributed by atoms with van der Waals surface area (Å²) in [6.45, 7) is 1.70. The van der Waals surface area contributed by atoms with E-state index in [0.717, 1.165) is 0 Å². The van der Waals surface area contributed by atoms with Crippen molar-refractivity contribution in [1.82, 2.24) is 0 Å². The van der Waals surface area contributed by atoms with Crippen LogP contribution in [0.1, 0.15) is 33.1 Å². The molecule has 1 amide bonds. The molecule has 2 aliphatic rings. The first kappa shape index (κ1) is 14.0. The van der Waals surface area contributed by atoms with Gasteiger partial charge in [0.25, 0.3) is 16.0 Å². The van der Waals surface area contributed by atoms with E-state index >= 15 is 0 Å². The van der Waals surface area contributed by atoms with Gasteiger partial charge < -0.3 is 4.74 Å². The maximum Gasteiger partial charge on any atom is 0.298 e. The van der Waals surface area contributed by atoms with Crippen molar-refractivity contribution in [2.24, 2.45) is 10.2 Å². The molecule has 0 radical (unpaired) electrons. The molecule has 0 bridgehead atoms. The molecule has 0 aliphatic carbocycles. The van der Waals surface area contributed by atoms with Crippen LogP contribution in [-0.2, 0) is 10.1 Å². The second kappa shape index (κ2) is 4.46. The average molecular weight is 330 g/mol. The highest BCUT2D eigenvalue weighted by Gasteiger charge is 2.37. The van der Waals surface area contributed by atoms with Crippen molar-refractivity contribution < 1.29 is 22.5 Å². The average Bonchev–Trinajstić information content (AvgIpc) is 2.49. The third kappa shape index (κ3) is 1.99. The second-order valence-corrected chi connectivity index (χ2v) is 6.79. The molecule has 1 atom stereocenters. The van der Waals surface area contributed by atoms with E-state index in [2.05, 4.69) is 10.2 Å². The molecule has 8 heteroatoms. The Morgan fingerprint density at radius 3 is 2.78 bits per heavy atom. The van der Waals surface area contributed by atoms with Gasteiger partial charge in [-0.15, -0.1) is 5.11 Å². The lowest BCUT2D eigenvalue weighted by molar-refractivity contribution is 0.0984. The maximum absolute atomic E-state index is 11.9. The molecule has 2 aliphatic heterocycles. The molecular formula is C15H10N2O5S. The number of rotatable bonds is 1. The van der Waals surface area contributed by atoms with E-state index in [0.29, 0.717) is 28.0 Å². The Morgan fingerprint density at radius 1 is 1.26 bits per heavy atom. The number of hydrogen-bond acceptors (Lipinski definition) is 5. The molecule has 0 spiro atoms. The van der Waals surface area contributed by atoms with E-state index in [1.807, 2.05) is 0 Å². The van der Waals surface area contributed by atoms with Crippen molar-refractivity contribution in [3.8, 4) is 11.5 Å².